The predicted molar refractivity (Wildman–Crippen MR) is 78.3 cm³/mol. The summed E-state index contributed by atoms with van der Waals surface area (Å²) in [6, 6.07) is 7.50. The van der Waals surface area contributed by atoms with Crippen LogP contribution in [0.2, 0.25) is 0 Å². The molecule has 114 valence electrons. The summed E-state index contributed by atoms with van der Waals surface area (Å²) in [6.45, 7) is 1.98. The average Bonchev–Trinajstić information content (AvgIpc) is 2.92. The van der Waals surface area contributed by atoms with Gasteiger partial charge in [-0.25, -0.2) is 4.98 Å². The normalized spacial score (nSPS) is 20.2. The number of amides is 1. The third-order valence-corrected chi connectivity index (χ3v) is 3.92. The molecule has 0 unspecified atom stereocenters. The van der Waals surface area contributed by atoms with Crippen LogP contribution < -0.4 is 5.32 Å². The number of hydrogen-bond donors (Lipinski definition) is 2. The summed E-state index contributed by atoms with van der Waals surface area (Å²) in [5, 5.41) is 11.6. The molecule has 1 aliphatic rings. The molecule has 0 aliphatic heterocycles. The van der Waals surface area contributed by atoms with Gasteiger partial charge in [-0.1, -0.05) is 29.8 Å². The van der Waals surface area contributed by atoms with Crippen LogP contribution in [-0.4, -0.2) is 28.0 Å². The van der Waals surface area contributed by atoms with E-state index in [0.29, 0.717) is 18.6 Å². The first-order chi connectivity index (χ1) is 10.5. The number of oxazole rings is 1. The Morgan fingerprint density at radius 1 is 1.27 bits per heavy atom. The van der Waals surface area contributed by atoms with E-state index in [2.05, 4.69) is 10.3 Å². The fraction of sp³-hybridized carbons (Fsp3) is 0.312. The van der Waals surface area contributed by atoms with Gasteiger partial charge in [0.2, 0.25) is 0 Å². The van der Waals surface area contributed by atoms with E-state index in [4.69, 9.17) is 9.52 Å². The van der Waals surface area contributed by atoms with Crippen molar-refractivity contribution < 1.29 is 19.1 Å². The van der Waals surface area contributed by atoms with Gasteiger partial charge in [0.25, 0.3) is 5.91 Å². The minimum Gasteiger partial charge on any atom is -0.481 e. The van der Waals surface area contributed by atoms with E-state index in [0.717, 1.165) is 11.1 Å². The fourth-order valence-corrected chi connectivity index (χ4v) is 2.51. The summed E-state index contributed by atoms with van der Waals surface area (Å²) in [7, 11) is 0. The van der Waals surface area contributed by atoms with Gasteiger partial charge in [-0.05, 0) is 19.8 Å². The number of nitrogens with one attached hydrogen (secondary N) is 1. The Balaban J connectivity index is 1.71. The second-order valence-corrected chi connectivity index (χ2v) is 5.57. The zero-order valence-electron chi connectivity index (χ0n) is 12.1. The summed E-state index contributed by atoms with van der Waals surface area (Å²) in [5.41, 5.74) is 2.12. The number of carboxylic acids is 1. The average molecular weight is 300 g/mol. The Labute approximate surface area is 127 Å². The van der Waals surface area contributed by atoms with Crippen molar-refractivity contribution in [1.82, 2.24) is 10.3 Å². The Kier molecular flexibility index (Phi) is 3.66. The lowest BCUT2D eigenvalue weighted by Gasteiger charge is -2.32. The third kappa shape index (κ3) is 2.72. The second kappa shape index (κ2) is 5.63. The van der Waals surface area contributed by atoms with E-state index >= 15 is 0 Å². The summed E-state index contributed by atoms with van der Waals surface area (Å²) < 4.78 is 5.34. The summed E-state index contributed by atoms with van der Waals surface area (Å²) in [4.78, 5) is 27.0. The first-order valence-electron chi connectivity index (χ1n) is 7.09. The Bertz CT molecular complexity index is 699. The van der Waals surface area contributed by atoms with Crippen LogP contribution >= 0.6 is 0 Å². The molecule has 2 aromatic rings. The van der Waals surface area contributed by atoms with Gasteiger partial charge in [0, 0.05) is 11.6 Å². The minimum atomic E-state index is -0.813. The van der Waals surface area contributed by atoms with E-state index < -0.39 is 5.97 Å². The van der Waals surface area contributed by atoms with Crippen molar-refractivity contribution in [2.75, 3.05) is 0 Å². The number of carbonyl (C=O) groups excluding carboxylic acids is 1. The van der Waals surface area contributed by atoms with E-state index in [-0.39, 0.29) is 23.6 Å². The highest BCUT2D eigenvalue weighted by Gasteiger charge is 2.36. The number of rotatable bonds is 4. The van der Waals surface area contributed by atoms with Crippen LogP contribution in [0.1, 0.15) is 28.9 Å². The van der Waals surface area contributed by atoms with E-state index in [1.165, 1.54) is 6.39 Å². The van der Waals surface area contributed by atoms with Crippen molar-refractivity contribution in [3.05, 3.63) is 41.9 Å². The molecule has 22 heavy (non-hydrogen) atoms. The van der Waals surface area contributed by atoms with Gasteiger partial charge in [-0.3, -0.25) is 9.59 Å². The Hall–Kier alpha value is -2.63. The molecule has 1 saturated carbocycles. The van der Waals surface area contributed by atoms with Crippen LogP contribution in [0.25, 0.3) is 11.3 Å². The number of aliphatic carboxylic acids is 1. The van der Waals surface area contributed by atoms with Gasteiger partial charge in [-0.2, -0.15) is 0 Å². The highest BCUT2D eigenvalue weighted by Crippen LogP contribution is 2.29. The maximum atomic E-state index is 12.3. The third-order valence-electron chi connectivity index (χ3n) is 3.92. The Morgan fingerprint density at radius 2 is 1.95 bits per heavy atom. The largest absolute Gasteiger partial charge is 0.481 e. The lowest BCUT2D eigenvalue weighted by molar-refractivity contribution is -0.145. The van der Waals surface area contributed by atoms with Crippen molar-refractivity contribution in [2.24, 2.45) is 5.92 Å². The molecule has 1 aliphatic carbocycles. The molecule has 0 bridgehead atoms. The molecule has 1 fully saturated rings. The van der Waals surface area contributed by atoms with Gasteiger partial charge in [0.05, 0.1) is 5.92 Å². The first kappa shape index (κ1) is 14.3. The van der Waals surface area contributed by atoms with Crippen molar-refractivity contribution >= 4 is 11.9 Å². The zero-order chi connectivity index (χ0) is 15.7. The fourth-order valence-electron chi connectivity index (χ4n) is 2.51. The summed E-state index contributed by atoms with van der Waals surface area (Å²) in [6.07, 6.45) is 2.16. The molecule has 0 spiro atoms. The predicted octanol–water partition coefficient (Wildman–Crippen LogP) is 2.24. The molecular formula is C16H16N2O4. The van der Waals surface area contributed by atoms with Gasteiger partial charge in [0.15, 0.2) is 17.8 Å². The van der Waals surface area contributed by atoms with Crippen LogP contribution in [0.4, 0.5) is 0 Å². The molecular weight excluding hydrogens is 284 g/mol. The summed E-state index contributed by atoms with van der Waals surface area (Å²) in [5.74, 6) is -1.09. The molecule has 1 aromatic heterocycles. The van der Waals surface area contributed by atoms with Crippen molar-refractivity contribution in [3.8, 4) is 11.3 Å². The molecule has 0 saturated heterocycles. The van der Waals surface area contributed by atoms with Crippen LogP contribution in [0.3, 0.4) is 0 Å². The Morgan fingerprint density at radius 3 is 2.59 bits per heavy atom. The van der Waals surface area contributed by atoms with Crippen LogP contribution in [-0.2, 0) is 4.79 Å². The molecule has 3 rings (SSSR count). The number of carbonyl (C=O) groups is 2. The van der Waals surface area contributed by atoms with Crippen molar-refractivity contribution in [2.45, 2.75) is 25.8 Å². The molecule has 0 atom stereocenters. The number of nitrogens with zero attached hydrogens (tertiary/aromatic N) is 1. The maximum Gasteiger partial charge on any atom is 0.306 e. The highest BCUT2D eigenvalue weighted by atomic mass is 16.4. The maximum absolute atomic E-state index is 12.3. The van der Waals surface area contributed by atoms with Crippen LogP contribution in [0.15, 0.2) is 35.1 Å². The SMILES string of the molecule is Cc1ccc(-c2ocnc2C(=O)NC2CC(C(=O)O)C2)cc1. The molecule has 6 heteroatoms. The number of aryl methyl sites for hydroxylation is 1. The topological polar surface area (TPSA) is 92.4 Å². The standard InChI is InChI=1S/C16H16N2O4/c1-9-2-4-10(5-3-9)14-13(17-8-22-14)15(19)18-12-6-11(7-12)16(20)21/h2-5,8,11-12H,6-7H2,1H3,(H,18,19)(H,20,21). The highest BCUT2D eigenvalue weighted by molar-refractivity contribution is 5.97. The lowest BCUT2D eigenvalue weighted by atomic mass is 9.80. The minimum absolute atomic E-state index is 0.115. The number of hydrogen-bond acceptors (Lipinski definition) is 4. The number of carboxylic acid groups (broad SMARTS) is 1. The zero-order valence-corrected chi connectivity index (χ0v) is 12.1. The van der Waals surface area contributed by atoms with Gasteiger partial charge >= 0.3 is 5.97 Å². The van der Waals surface area contributed by atoms with E-state index in [9.17, 15) is 9.59 Å². The van der Waals surface area contributed by atoms with Crippen molar-refractivity contribution in [3.63, 3.8) is 0 Å². The number of benzene rings is 1. The van der Waals surface area contributed by atoms with Gasteiger partial charge < -0.3 is 14.8 Å². The molecule has 1 aromatic carbocycles. The van der Waals surface area contributed by atoms with E-state index in [1.807, 2.05) is 31.2 Å². The molecule has 1 amide bonds. The first-order valence-corrected chi connectivity index (χ1v) is 7.09. The van der Waals surface area contributed by atoms with Crippen LogP contribution in [0.5, 0.6) is 0 Å². The molecule has 0 radical (unpaired) electrons. The van der Waals surface area contributed by atoms with Gasteiger partial charge in [-0.15, -0.1) is 0 Å². The summed E-state index contributed by atoms with van der Waals surface area (Å²) >= 11 is 0. The lowest BCUT2D eigenvalue weighted by Crippen LogP contribution is -2.46. The van der Waals surface area contributed by atoms with Crippen molar-refractivity contribution in [1.29, 1.82) is 0 Å². The molecule has 1 heterocycles. The van der Waals surface area contributed by atoms with E-state index in [1.54, 1.807) is 0 Å². The monoisotopic (exact) mass is 300 g/mol. The molecule has 6 nitrogen and oxygen atoms in total. The number of aromatic nitrogens is 1. The quantitative estimate of drug-likeness (QED) is 0.903. The smallest absolute Gasteiger partial charge is 0.306 e. The second-order valence-electron chi connectivity index (χ2n) is 5.57. The van der Waals surface area contributed by atoms with Crippen LogP contribution in [0, 0.1) is 12.8 Å². The molecule has 2 N–H and O–H groups in total. The van der Waals surface area contributed by atoms with Gasteiger partial charge in [0.1, 0.15) is 0 Å².